The molecule has 5 heterocycles. The minimum atomic E-state index is -0.199. The molecule has 8 heteroatoms. The number of anilines is 1. The Morgan fingerprint density at radius 3 is 2.57 bits per heavy atom. The Balaban J connectivity index is 1.25. The molecule has 0 unspecified atom stereocenters. The molecule has 0 radical (unpaired) electrons. The predicted molar refractivity (Wildman–Crippen MR) is 106 cm³/mol. The fourth-order valence-corrected chi connectivity index (χ4v) is 5.51. The third-order valence-corrected chi connectivity index (χ3v) is 7.09. The molecule has 5 rings (SSSR count). The average Bonchev–Trinajstić information content (AvgIpc) is 3.25. The van der Waals surface area contributed by atoms with Gasteiger partial charge in [-0.1, -0.05) is 0 Å². The van der Waals surface area contributed by atoms with Gasteiger partial charge in [0.05, 0.1) is 25.4 Å². The van der Waals surface area contributed by atoms with Crippen molar-refractivity contribution in [3.63, 3.8) is 0 Å². The molecule has 3 aliphatic heterocycles. The topological polar surface area (TPSA) is 67.8 Å². The molecule has 0 saturated carbocycles. The number of hydrogen-bond acceptors (Lipinski definition) is 7. The van der Waals surface area contributed by atoms with Gasteiger partial charge >= 0.3 is 0 Å². The zero-order chi connectivity index (χ0) is 19.0. The summed E-state index contributed by atoms with van der Waals surface area (Å²) in [6.45, 7) is 5.11. The van der Waals surface area contributed by atoms with E-state index in [0.29, 0.717) is 37.8 Å². The van der Waals surface area contributed by atoms with E-state index in [4.69, 9.17) is 9.47 Å². The van der Waals surface area contributed by atoms with Crippen LogP contribution in [0.25, 0.3) is 0 Å². The van der Waals surface area contributed by atoms with Gasteiger partial charge in [-0.2, -0.15) is 0 Å². The molecule has 0 N–H and O–H groups in total. The number of likely N-dealkylation sites (tertiary alicyclic amines) is 1. The molecule has 0 aromatic carbocycles. The highest BCUT2D eigenvalue weighted by Gasteiger charge is 2.42. The Kier molecular flexibility index (Phi) is 4.78. The first-order valence-electron chi connectivity index (χ1n) is 9.90. The predicted octanol–water partition coefficient (Wildman–Crippen LogP) is 2.08. The second-order valence-electron chi connectivity index (χ2n) is 7.53. The summed E-state index contributed by atoms with van der Waals surface area (Å²) in [5, 5.41) is 2.16. The summed E-state index contributed by atoms with van der Waals surface area (Å²) in [4.78, 5) is 27.1. The van der Waals surface area contributed by atoms with Crippen molar-refractivity contribution in [2.24, 2.45) is 0 Å². The number of carbonyl (C=O) groups is 1. The molecule has 28 heavy (non-hydrogen) atoms. The summed E-state index contributed by atoms with van der Waals surface area (Å²) in [6, 6.07) is 2.22. The largest absolute Gasteiger partial charge is 0.378 e. The SMILES string of the molecule is O=C(c1cnc(N2CCOCC2)nc1)N1CCC2(CC1)OCCc1ccsc12. The van der Waals surface area contributed by atoms with E-state index in [1.54, 1.807) is 23.7 Å². The second kappa shape index (κ2) is 7.42. The van der Waals surface area contributed by atoms with Crippen LogP contribution in [0.5, 0.6) is 0 Å². The third kappa shape index (κ3) is 3.19. The molecule has 2 saturated heterocycles. The molecule has 3 aliphatic rings. The summed E-state index contributed by atoms with van der Waals surface area (Å²) >= 11 is 1.79. The maximum absolute atomic E-state index is 12.9. The summed E-state index contributed by atoms with van der Waals surface area (Å²) in [5.41, 5.74) is 1.77. The van der Waals surface area contributed by atoms with Crippen LogP contribution in [0.2, 0.25) is 0 Å². The van der Waals surface area contributed by atoms with E-state index in [1.807, 2.05) is 4.90 Å². The monoisotopic (exact) mass is 400 g/mol. The van der Waals surface area contributed by atoms with Crippen LogP contribution in [0.3, 0.4) is 0 Å². The number of fused-ring (bicyclic) bond motifs is 2. The van der Waals surface area contributed by atoms with Crippen LogP contribution in [0.1, 0.15) is 33.6 Å². The Morgan fingerprint density at radius 1 is 1.07 bits per heavy atom. The molecular weight excluding hydrogens is 376 g/mol. The molecule has 7 nitrogen and oxygen atoms in total. The summed E-state index contributed by atoms with van der Waals surface area (Å²) in [6.07, 6.45) is 5.99. The molecule has 0 aliphatic carbocycles. The average molecular weight is 401 g/mol. The van der Waals surface area contributed by atoms with Gasteiger partial charge in [-0.3, -0.25) is 4.79 Å². The van der Waals surface area contributed by atoms with Crippen molar-refractivity contribution < 1.29 is 14.3 Å². The van der Waals surface area contributed by atoms with Crippen molar-refractivity contribution in [2.75, 3.05) is 50.9 Å². The minimum Gasteiger partial charge on any atom is -0.378 e. The van der Waals surface area contributed by atoms with Crippen LogP contribution < -0.4 is 4.90 Å². The molecule has 2 aromatic rings. The molecule has 1 amide bonds. The number of amides is 1. The number of piperidine rings is 1. The molecule has 0 atom stereocenters. The van der Waals surface area contributed by atoms with Crippen molar-refractivity contribution in [1.29, 1.82) is 0 Å². The van der Waals surface area contributed by atoms with Crippen LogP contribution in [0.15, 0.2) is 23.8 Å². The smallest absolute Gasteiger partial charge is 0.256 e. The number of aromatic nitrogens is 2. The normalized spacial score (nSPS) is 21.6. The number of thiophene rings is 1. The van der Waals surface area contributed by atoms with Crippen molar-refractivity contribution in [3.05, 3.63) is 39.8 Å². The molecule has 1 spiro atoms. The number of ether oxygens (including phenoxy) is 2. The van der Waals surface area contributed by atoms with Gasteiger partial charge in [-0.25, -0.2) is 9.97 Å². The van der Waals surface area contributed by atoms with E-state index in [9.17, 15) is 4.79 Å². The van der Waals surface area contributed by atoms with E-state index < -0.39 is 0 Å². The Labute approximate surface area is 168 Å². The van der Waals surface area contributed by atoms with Gasteiger partial charge in [-0.05, 0) is 36.3 Å². The highest BCUT2D eigenvalue weighted by molar-refractivity contribution is 7.10. The van der Waals surface area contributed by atoms with Crippen LogP contribution in [-0.4, -0.2) is 66.8 Å². The minimum absolute atomic E-state index is 0.00518. The van der Waals surface area contributed by atoms with Gasteiger partial charge in [0, 0.05) is 43.4 Å². The molecule has 2 aromatic heterocycles. The summed E-state index contributed by atoms with van der Waals surface area (Å²) in [7, 11) is 0. The molecule has 148 valence electrons. The van der Waals surface area contributed by atoms with Crippen LogP contribution >= 0.6 is 11.3 Å². The molecular formula is C20H24N4O3S. The maximum Gasteiger partial charge on any atom is 0.256 e. The lowest BCUT2D eigenvalue weighted by molar-refractivity contribution is -0.0906. The van der Waals surface area contributed by atoms with Gasteiger partial charge in [0.2, 0.25) is 5.95 Å². The number of nitrogens with zero attached hydrogens (tertiary/aromatic N) is 4. The second-order valence-corrected chi connectivity index (χ2v) is 8.45. The Hall–Kier alpha value is -2.03. The van der Waals surface area contributed by atoms with Crippen LogP contribution in [-0.2, 0) is 21.5 Å². The van der Waals surface area contributed by atoms with Gasteiger partial charge < -0.3 is 19.3 Å². The van der Waals surface area contributed by atoms with Gasteiger partial charge in [0.15, 0.2) is 0 Å². The summed E-state index contributed by atoms with van der Waals surface area (Å²) in [5.74, 6) is 0.670. The lowest BCUT2D eigenvalue weighted by Gasteiger charge is -2.43. The zero-order valence-electron chi connectivity index (χ0n) is 15.8. The van der Waals surface area contributed by atoms with E-state index in [0.717, 1.165) is 39.0 Å². The van der Waals surface area contributed by atoms with Crippen LogP contribution in [0.4, 0.5) is 5.95 Å². The first kappa shape index (κ1) is 18.0. The van der Waals surface area contributed by atoms with Gasteiger partial charge in [0.25, 0.3) is 5.91 Å². The van der Waals surface area contributed by atoms with E-state index >= 15 is 0 Å². The first-order chi connectivity index (χ1) is 13.8. The third-order valence-electron chi connectivity index (χ3n) is 5.95. The molecule has 0 bridgehead atoms. The van der Waals surface area contributed by atoms with E-state index in [-0.39, 0.29) is 11.5 Å². The van der Waals surface area contributed by atoms with Crippen molar-refractivity contribution in [1.82, 2.24) is 14.9 Å². The highest BCUT2D eigenvalue weighted by atomic mass is 32.1. The number of hydrogen-bond donors (Lipinski definition) is 0. The zero-order valence-corrected chi connectivity index (χ0v) is 16.6. The fourth-order valence-electron chi connectivity index (χ4n) is 4.34. The number of morpholine rings is 1. The molecule has 2 fully saturated rings. The Bertz CT molecular complexity index is 839. The van der Waals surface area contributed by atoms with Gasteiger partial charge in [0.1, 0.15) is 5.60 Å². The highest BCUT2D eigenvalue weighted by Crippen LogP contribution is 2.44. The van der Waals surface area contributed by atoms with Crippen molar-refractivity contribution in [3.8, 4) is 0 Å². The summed E-state index contributed by atoms with van der Waals surface area (Å²) < 4.78 is 11.6. The van der Waals surface area contributed by atoms with Crippen molar-refractivity contribution >= 4 is 23.2 Å². The van der Waals surface area contributed by atoms with E-state index in [2.05, 4.69) is 26.3 Å². The Morgan fingerprint density at radius 2 is 1.82 bits per heavy atom. The van der Waals surface area contributed by atoms with Crippen LogP contribution in [0, 0.1) is 0 Å². The quantitative estimate of drug-likeness (QED) is 0.769. The van der Waals surface area contributed by atoms with Gasteiger partial charge in [-0.15, -0.1) is 11.3 Å². The standard InChI is InChI=1S/C20H24N4O3S/c25-18(16-13-21-19(22-14-16)24-7-10-26-11-8-24)23-5-3-20(4-6-23)17-15(1-9-27-20)2-12-28-17/h2,12-14H,1,3-11H2. The van der Waals surface area contributed by atoms with Crippen molar-refractivity contribution in [2.45, 2.75) is 24.9 Å². The maximum atomic E-state index is 12.9. The number of carbonyl (C=O) groups excluding carboxylic acids is 1. The lowest BCUT2D eigenvalue weighted by Crippen LogP contribution is -2.48. The van der Waals surface area contributed by atoms with E-state index in [1.165, 1.54) is 10.4 Å². The lowest BCUT2D eigenvalue weighted by atomic mass is 9.85. The first-order valence-corrected chi connectivity index (χ1v) is 10.8. The fraction of sp³-hybridized carbons (Fsp3) is 0.550. The number of rotatable bonds is 2.